The first-order valence-corrected chi connectivity index (χ1v) is 9.55. The van der Waals surface area contributed by atoms with Gasteiger partial charge in [0.25, 0.3) is 5.91 Å². The van der Waals surface area contributed by atoms with Gasteiger partial charge in [0.2, 0.25) is 5.91 Å². The lowest BCUT2D eigenvalue weighted by Crippen LogP contribution is -2.50. The smallest absolute Gasteiger partial charge is 0.254 e. The van der Waals surface area contributed by atoms with Crippen LogP contribution in [0.2, 0.25) is 0 Å². The number of rotatable bonds is 6. The van der Waals surface area contributed by atoms with Gasteiger partial charge in [-0.3, -0.25) is 9.59 Å². The maximum Gasteiger partial charge on any atom is 0.254 e. The van der Waals surface area contributed by atoms with E-state index < -0.39 is 5.82 Å². The Labute approximate surface area is 169 Å². The maximum absolute atomic E-state index is 13.8. The fourth-order valence-electron chi connectivity index (χ4n) is 3.37. The van der Waals surface area contributed by atoms with Crippen molar-refractivity contribution in [3.05, 3.63) is 59.4 Å². The molecule has 0 bridgehead atoms. The predicted molar refractivity (Wildman–Crippen MR) is 107 cm³/mol. The third-order valence-corrected chi connectivity index (χ3v) is 5.08. The molecule has 0 spiro atoms. The molecule has 1 heterocycles. The minimum atomic E-state index is -0.429. The molecule has 0 unspecified atom stereocenters. The maximum atomic E-state index is 13.8. The Kier molecular flexibility index (Phi) is 6.69. The van der Waals surface area contributed by atoms with Crippen molar-refractivity contribution >= 4 is 11.8 Å². The second-order valence-electron chi connectivity index (χ2n) is 6.87. The number of hydrogen-bond acceptors (Lipinski definition) is 4. The second-order valence-corrected chi connectivity index (χ2v) is 6.87. The molecule has 29 heavy (non-hydrogen) atoms. The molecule has 1 aliphatic heterocycles. The molecule has 1 aliphatic rings. The summed E-state index contributed by atoms with van der Waals surface area (Å²) in [6, 6.07) is 11.8. The van der Waals surface area contributed by atoms with E-state index in [0.717, 1.165) is 5.56 Å². The lowest BCUT2D eigenvalue weighted by atomic mass is 10.1. The van der Waals surface area contributed by atoms with E-state index in [1.165, 1.54) is 13.2 Å². The van der Waals surface area contributed by atoms with Gasteiger partial charge in [0.05, 0.1) is 14.2 Å². The van der Waals surface area contributed by atoms with E-state index in [1.807, 2.05) is 0 Å². The number of methoxy groups -OCH3 is 2. The summed E-state index contributed by atoms with van der Waals surface area (Å²) in [6.45, 7) is 1.95. The van der Waals surface area contributed by atoms with Gasteiger partial charge in [0.15, 0.2) is 11.6 Å². The molecule has 0 atom stereocenters. The van der Waals surface area contributed by atoms with Crippen LogP contribution >= 0.6 is 0 Å². The van der Waals surface area contributed by atoms with Crippen molar-refractivity contribution in [3.8, 4) is 11.5 Å². The summed E-state index contributed by atoms with van der Waals surface area (Å²) in [4.78, 5) is 28.7. The summed E-state index contributed by atoms with van der Waals surface area (Å²) >= 11 is 0. The zero-order valence-electron chi connectivity index (χ0n) is 16.7. The largest absolute Gasteiger partial charge is 0.497 e. The van der Waals surface area contributed by atoms with E-state index in [2.05, 4.69) is 0 Å². The van der Waals surface area contributed by atoms with Crippen LogP contribution in [0.15, 0.2) is 42.5 Å². The number of carbonyl (C=O) groups excluding carboxylic acids is 2. The standard InChI is InChI=1S/C22H25FN2O4/c1-28-18-5-3-4-17(15-18)22(27)25-12-10-24(11-13-25)21(26)9-7-16-6-8-20(29-2)19(23)14-16/h3-6,8,14-15H,7,9-13H2,1-2H3. The van der Waals surface area contributed by atoms with Gasteiger partial charge < -0.3 is 19.3 Å². The molecule has 154 valence electrons. The van der Waals surface area contributed by atoms with E-state index in [4.69, 9.17) is 9.47 Å². The van der Waals surface area contributed by atoms with Crippen molar-refractivity contribution < 1.29 is 23.5 Å². The van der Waals surface area contributed by atoms with Gasteiger partial charge in [-0.05, 0) is 42.3 Å². The Morgan fingerprint density at radius 2 is 1.69 bits per heavy atom. The summed E-state index contributed by atoms with van der Waals surface area (Å²) in [5.41, 5.74) is 1.33. The monoisotopic (exact) mass is 400 g/mol. The van der Waals surface area contributed by atoms with Gasteiger partial charge in [-0.15, -0.1) is 0 Å². The van der Waals surface area contributed by atoms with Gasteiger partial charge in [0, 0.05) is 38.2 Å². The van der Waals surface area contributed by atoms with Crippen molar-refractivity contribution in [1.29, 1.82) is 0 Å². The van der Waals surface area contributed by atoms with Crippen molar-refractivity contribution in [1.82, 2.24) is 9.80 Å². The molecule has 3 rings (SSSR count). The summed E-state index contributed by atoms with van der Waals surface area (Å²) in [5, 5.41) is 0. The molecule has 6 nitrogen and oxygen atoms in total. The van der Waals surface area contributed by atoms with Crippen molar-refractivity contribution in [2.24, 2.45) is 0 Å². The normalized spacial score (nSPS) is 13.9. The van der Waals surface area contributed by atoms with Crippen molar-refractivity contribution in [2.75, 3.05) is 40.4 Å². The molecule has 1 fully saturated rings. The molecule has 1 saturated heterocycles. The highest BCUT2D eigenvalue weighted by molar-refractivity contribution is 5.94. The molecular weight excluding hydrogens is 375 g/mol. The summed E-state index contributed by atoms with van der Waals surface area (Å²) in [7, 11) is 2.98. The van der Waals surface area contributed by atoms with Crippen LogP contribution in [0.4, 0.5) is 4.39 Å². The topological polar surface area (TPSA) is 59.1 Å². The first kappa shape index (κ1) is 20.6. The summed E-state index contributed by atoms with van der Waals surface area (Å²) in [5.74, 6) is 0.345. The number of ether oxygens (including phenoxy) is 2. The summed E-state index contributed by atoms with van der Waals surface area (Å²) < 4.78 is 23.8. The Morgan fingerprint density at radius 3 is 2.34 bits per heavy atom. The lowest BCUT2D eigenvalue weighted by molar-refractivity contribution is -0.132. The third-order valence-electron chi connectivity index (χ3n) is 5.08. The van der Waals surface area contributed by atoms with Crippen LogP contribution in [0, 0.1) is 5.82 Å². The number of halogens is 1. The molecular formula is C22H25FN2O4. The van der Waals surface area contributed by atoms with Crippen LogP contribution in [-0.2, 0) is 11.2 Å². The van der Waals surface area contributed by atoms with E-state index in [0.29, 0.717) is 50.3 Å². The van der Waals surface area contributed by atoms with E-state index in [1.54, 1.807) is 53.3 Å². The minimum Gasteiger partial charge on any atom is -0.497 e. The molecule has 2 amide bonds. The van der Waals surface area contributed by atoms with Gasteiger partial charge in [-0.2, -0.15) is 0 Å². The molecule has 0 saturated carbocycles. The predicted octanol–water partition coefficient (Wildman–Crippen LogP) is 2.76. The molecule has 2 aromatic carbocycles. The average molecular weight is 400 g/mol. The number of piperazine rings is 1. The number of amides is 2. The molecule has 0 N–H and O–H groups in total. The fourth-order valence-corrected chi connectivity index (χ4v) is 3.37. The lowest BCUT2D eigenvalue weighted by Gasteiger charge is -2.35. The summed E-state index contributed by atoms with van der Waals surface area (Å²) in [6.07, 6.45) is 0.762. The Morgan fingerprint density at radius 1 is 0.966 bits per heavy atom. The van der Waals surface area contributed by atoms with Crippen LogP contribution in [0.25, 0.3) is 0 Å². The average Bonchev–Trinajstić information content (AvgIpc) is 2.77. The zero-order valence-corrected chi connectivity index (χ0v) is 16.7. The molecule has 2 aromatic rings. The quantitative estimate of drug-likeness (QED) is 0.748. The molecule has 0 aromatic heterocycles. The van der Waals surface area contributed by atoms with Crippen LogP contribution in [0.5, 0.6) is 11.5 Å². The Hall–Kier alpha value is -3.09. The molecule has 7 heteroatoms. The minimum absolute atomic E-state index is 0.00899. The highest BCUT2D eigenvalue weighted by Crippen LogP contribution is 2.19. The fraction of sp³-hybridized carbons (Fsp3) is 0.364. The number of carbonyl (C=O) groups is 2. The SMILES string of the molecule is COc1cccc(C(=O)N2CCN(C(=O)CCc3ccc(OC)c(F)c3)CC2)c1. The molecule has 0 aliphatic carbocycles. The third kappa shape index (κ3) is 5.04. The number of aryl methyl sites for hydroxylation is 1. The number of hydrogen-bond donors (Lipinski definition) is 0. The van der Waals surface area contributed by atoms with Crippen LogP contribution in [0.1, 0.15) is 22.3 Å². The van der Waals surface area contributed by atoms with Crippen LogP contribution in [-0.4, -0.2) is 62.0 Å². The van der Waals surface area contributed by atoms with Gasteiger partial charge in [-0.25, -0.2) is 4.39 Å². The van der Waals surface area contributed by atoms with Gasteiger partial charge in [-0.1, -0.05) is 12.1 Å². The van der Waals surface area contributed by atoms with E-state index in [-0.39, 0.29) is 17.6 Å². The van der Waals surface area contributed by atoms with E-state index in [9.17, 15) is 14.0 Å². The van der Waals surface area contributed by atoms with Crippen molar-refractivity contribution in [3.63, 3.8) is 0 Å². The number of nitrogens with zero attached hydrogens (tertiary/aromatic N) is 2. The van der Waals surface area contributed by atoms with Crippen molar-refractivity contribution in [2.45, 2.75) is 12.8 Å². The first-order chi connectivity index (χ1) is 14.0. The highest BCUT2D eigenvalue weighted by Gasteiger charge is 2.25. The first-order valence-electron chi connectivity index (χ1n) is 9.55. The Bertz CT molecular complexity index is 879. The van der Waals surface area contributed by atoms with E-state index >= 15 is 0 Å². The van der Waals surface area contributed by atoms with Gasteiger partial charge in [0.1, 0.15) is 5.75 Å². The van der Waals surface area contributed by atoms with Crippen LogP contribution in [0.3, 0.4) is 0 Å². The zero-order chi connectivity index (χ0) is 20.8. The number of benzene rings is 2. The second kappa shape index (κ2) is 9.41. The van der Waals surface area contributed by atoms with Crippen LogP contribution < -0.4 is 9.47 Å². The van der Waals surface area contributed by atoms with Gasteiger partial charge >= 0.3 is 0 Å². The molecule has 0 radical (unpaired) electrons. The highest BCUT2D eigenvalue weighted by atomic mass is 19.1. The Balaban J connectivity index is 1.50.